The number of anilines is 1. The van der Waals surface area contributed by atoms with E-state index in [-0.39, 0.29) is 5.91 Å². The maximum absolute atomic E-state index is 13.6. The maximum atomic E-state index is 13.6. The van der Waals surface area contributed by atoms with Crippen molar-refractivity contribution in [1.29, 1.82) is 0 Å². The summed E-state index contributed by atoms with van der Waals surface area (Å²) in [5.41, 5.74) is 9.58. The van der Waals surface area contributed by atoms with Crippen molar-refractivity contribution in [3.8, 4) is 5.69 Å². The first-order valence-corrected chi connectivity index (χ1v) is 12.1. The predicted molar refractivity (Wildman–Crippen MR) is 131 cm³/mol. The molecule has 34 heavy (non-hydrogen) atoms. The topological polar surface area (TPSA) is 97.3 Å². The molecule has 8 nitrogen and oxygen atoms in total. The summed E-state index contributed by atoms with van der Waals surface area (Å²) in [5.74, 6) is 0.0293. The van der Waals surface area contributed by atoms with Crippen LogP contribution in [0.25, 0.3) is 5.69 Å². The molecule has 0 bridgehead atoms. The van der Waals surface area contributed by atoms with Crippen molar-refractivity contribution < 1.29 is 9.59 Å². The smallest absolute Gasteiger partial charge is 0.274 e. The summed E-state index contributed by atoms with van der Waals surface area (Å²) in [6, 6.07) is 11.0. The van der Waals surface area contributed by atoms with Gasteiger partial charge in [0.2, 0.25) is 0 Å². The Hall–Kier alpha value is -3.39. The molecule has 0 atom stereocenters. The number of rotatable bonds is 4. The zero-order chi connectivity index (χ0) is 23.7. The Morgan fingerprint density at radius 2 is 1.68 bits per heavy atom. The van der Waals surface area contributed by atoms with E-state index in [4.69, 9.17) is 22.4 Å². The number of carbonyl (C=O) groups excluding carboxylic acids is 2. The molecule has 1 aromatic carbocycles. The van der Waals surface area contributed by atoms with E-state index in [0.29, 0.717) is 48.3 Å². The Bertz CT molecular complexity index is 1210. The number of fused-ring (bicyclic) bond motifs is 1. The molecule has 3 heterocycles. The fourth-order valence-electron chi connectivity index (χ4n) is 4.86. The first-order chi connectivity index (χ1) is 16.5. The van der Waals surface area contributed by atoms with Crippen LogP contribution in [0.1, 0.15) is 51.4 Å². The second kappa shape index (κ2) is 9.46. The average molecular weight is 479 g/mol. The molecule has 1 aliphatic heterocycles. The molecule has 0 radical (unpaired) electrons. The van der Waals surface area contributed by atoms with Gasteiger partial charge in [-0.05, 0) is 62.1 Å². The molecule has 0 unspecified atom stereocenters. The lowest BCUT2D eigenvalue weighted by Crippen LogP contribution is -2.49. The van der Waals surface area contributed by atoms with Gasteiger partial charge in [0.05, 0.1) is 11.3 Å². The van der Waals surface area contributed by atoms with Gasteiger partial charge in [0.25, 0.3) is 11.8 Å². The summed E-state index contributed by atoms with van der Waals surface area (Å²) in [6.07, 6.45) is 6.71. The number of carbonyl (C=O) groups is 2. The van der Waals surface area contributed by atoms with E-state index in [1.165, 1.54) is 0 Å². The first-order valence-electron chi connectivity index (χ1n) is 11.7. The van der Waals surface area contributed by atoms with Gasteiger partial charge in [-0.1, -0.05) is 18.0 Å². The minimum Gasteiger partial charge on any atom is -0.365 e. The number of amides is 2. The number of piperazine rings is 1. The van der Waals surface area contributed by atoms with Crippen molar-refractivity contribution in [3.63, 3.8) is 0 Å². The molecule has 2 N–H and O–H groups in total. The van der Waals surface area contributed by atoms with Crippen LogP contribution in [-0.4, -0.2) is 57.7 Å². The Morgan fingerprint density at radius 1 is 0.941 bits per heavy atom. The molecule has 9 heteroatoms. The number of nitrogens with two attached hydrogens (primary N) is 1. The van der Waals surface area contributed by atoms with Crippen LogP contribution in [0.15, 0.2) is 42.6 Å². The van der Waals surface area contributed by atoms with Crippen molar-refractivity contribution >= 4 is 29.2 Å². The summed E-state index contributed by atoms with van der Waals surface area (Å²) < 4.78 is 1.92. The third-order valence-electron chi connectivity index (χ3n) is 6.62. The molecule has 2 amide bonds. The number of benzene rings is 1. The predicted octanol–water partition coefficient (Wildman–Crippen LogP) is 3.25. The quantitative estimate of drug-likeness (QED) is 0.580. The number of pyridine rings is 1. The van der Waals surface area contributed by atoms with Crippen molar-refractivity contribution in [2.24, 2.45) is 5.73 Å². The minimum atomic E-state index is -0.503. The van der Waals surface area contributed by atoms with Crippen LogP contribution in [0.4, 0.5) is 5.82 Å². The van der Waals surface area contributed by atoms with Crippen molar-refractivity contribution in [2.75, 3.05) is 31.1 Å². The Labute approximate surface area is 203 Å². The van der Waals surface area contributed by atoms with Crippen LogP contribution < -0.4 is 10.6 Å². The molecule has 176 valence electrons. The summed E-state index contributed by atoms with van der Waals surface area (Å²) in [7, 11) is 0. The summed E-state index contributed by atoms with van der Waals surface area (Å²) in [6.45, 7) is 2.19. The van der Waals surface area contributed by atoms with Crippen LogP contribution in [0.3, 0.4) is 0 Å². The molecular weight excluding hydrogens is 452 g/mol. The maximum Gasteiger partial charge on any atom is 0.274 e. The molecule has 1 saturated heterocycles. The highest BCUT2D eigenvalue weighted by molar-refractivity contribution is 6.30. The van der Waals surface area contributed by atoms with Crippen LogP contribution >= 0.6 is 11.6 Å². The van der Waals surface area contributed by atoms with Crippen LogP contribution in [0.2, 0.25) is 5.02 Å². The third-order valence-corrected chi connectivity index (χ3v) is 6.87. The second-order valence-electron chi connectivity index (χ2n) is 8.74. The fourth-order valence-corrected chi connectivity index (χ4v) is 4.98. The number of nitrogens with zero attached hydrogens (tertiary/aromatic N) is 5. The van der Waals surface area contributed by atoms with E-state index in [1.807, 2.05) is 38.7 Å². The zero-order valence-electron chi connectivity index (χ0n) is 18.9. The van der Waals surface area contributed by atoms with Crippen molar-refractivity contribution in [1.82, 2.24) is 19.7 Å². The standard InChI is InChI=1S/C25H27ClN6O2/c26-17-8-10-18(11-9-17)32-21-7-3-1-2-5-19(21)22(29-32)25(34)31-15-13-30(14-16-31)24-20(23(27)33)6-4-12-28-24/h4,6,8-12H,1-3,5,7,13-16H2,(H2,27,33). The summed E-state index contributed by atoms with van der Waals surface area (Å²) >= 11 is 6.08. The largest absolute Gasteiger partial charge is 0.365 e. The van der Waals surface area contributed by atoms with E-state index in [0.717, 1.165) is 49.0 Å². The second-order valence-corrected chi connectivity index (χ2v) is 9.18. The number of hydrogen-bond acceptors (Lipinski definition) is 5. The minimum absolute atomic E-state index is 0.0401. The normalized spacial score (nSPS) is 16.1. The number of halogens is 1. The van der Waals surface area contributed by atoms with Gasteiger partial charge in [-0.3, -0.25) is 9.59 Å². The highest BCUT2D eigenvalue weighted by atomic mass is 35.5. The number of hydrogen-bond donors (Lipinski definition) is 1. The third kappa shape index (κ3) is 4.25. The van der Waals surface area contributed by atoms with E-state index in [9.17, 15) is 9.59 Å². The lowest BCUT2D eigenvalue weighted by Gasteiger charge is -2.35. The Balaban J connectivity index is 1.39. The molecule has 1 fully saturated rings. The summed E-state index contributed by atoms with van der Waals surface area (Å²) in [5, 5.41) is 5.49. The average Bonchev–Trinajstić information content (AvgIpc) is 3.04. The molecule has 2 aromatic heterocycles. The van der Waals surface area contributed by atoms with Crippen molar-refractivity contribution in [3.05, 3.63) is 70.1 Å². The monoisotopic (exact) mass is 478 g/mol. The number of primary amides is 1. The molecule has 0 spiro atoms. The fraction of sp³-hybridized carbons (Fsp3) is 0.360. The lowest BCUT2D eigenvalue weighted by atomic mass is 10.1. The first kappa shape index (κ1) is 22.4. The van der Waals surface area contributed by atoms with Crippen LogP contribution in [0, 0.1) is 0 Å². The van der Waals surface area contributed by atoms with E-state index >= 15 is 0 Å². The van der Waals surface area contributed by atoms with Gasteiger partial charge in [0.15, 0.2) is 5.69 Å². The van der Waals surface area contributed by atoms with Crippen LogP contribution in [-0.2, 0) is 12.8 Å². The number of aromatic nitrogens is 3. The van der Waals surface area contributed by atoms with Gasteiger partial charge in [0, 0.05) is 48.7 Å². The van der Waals surface area contributed by atoms with Gasteiger partial charge >= 0.3 is 0 Å². The van der Waals surface area contributed by atoms with Gasteiger partial charge in [0.1, 0.15) is 5.82 Å². The molecular formula is C25H27ClN6O2. The van der Waals surface area contributed by atoms with Crippen LogP contribution in [0.5, 0.6) is 0 Å². The Morgan fingerprint density at radius 3 is 2.41 bits per heavy atom. The molecule has 1 aliphatic carbocycles. The van der Waals surface area contributed by atoms with Crippen molar-refractivity contribution in [2.45, 2.75) is 32.1 Å². The van der Waals surface area contributed by atoms with Gasteiger partial charge in [-0.25, -0.2) is 9.67 Å². The lowest BCUT2D eigenvalue weighted by molar-refractivity contribution is 0.0738. The molecule has 5 rings (SSSR count). The van der Waals surface area contributed by atoms with Gasteiger partial charge < -0.3 is 15.5 Å². The van der Waals surface area contributed by atoms with E-state index in [2.05, 4.69) is 4.98 Å². The summed E-state index contributed by atoms with van der Waals surface area (Å²) in [4.78, 5) is 33.6. The highest BCUT2D eigenvalue weighted by Crippen LogP contribution is 2.28. The zero-order valence-corrected chi connectivity index (χ0v) is 19.7. The van der Waals surface area contributed by atoms with Gasteiger partial charge in [-0.2, -0.15) is 5.10 Å². The SMILES string of the molecule is NC(=O)c1cccnc1N1CCN(C(=O)c2nn(-c3ccc(Cl)cc3)c3c2CCCCC3)CC1. The van der Waals surface area contributed by atoms with E-state index in [1.54, 1.807) is 18.3 Å². The molecule has 2 aliphatic rings. The highest BCUT2D eigenvalue weighted by Gasteiger charge is 2.30. The molecule has 3 aromatic rings. The van der Waals surface area contributed by atoms with E-state index < -0.39 is 5.91 Å². The van der Waals surface area contributed by atoms with Gasteiger partial charge in [-0.15, -0.1) is 0 Å². The Kier molecular flexibility index (Phi) is 6.24. The molecule has 0 saturated carbocycles.